The number of pyridine rings is 1. The number of hydrogen-bond acceptors (Lipinski definition) is 6. The number of nitro groups is 1. The van der Waals surface area contributed by atoms with Gasteiger partial charge in [-0.3, -0.25) is 24.7 Å². The van der Waals surface area contributed by atoms with Crippen molar-refractivity contribution in [2.75, 3.05) is 49.1 Å². The first-order chi connectivity index (χ1) is 18.0. The molecule has 0 bridgehead atoms. The van der Waals surface area contributed by atoms with Crippen LogP contribution in [0.4, 0.5) is 21.6 Å². The Kier molecular flexibility index (Phi) is 7.41. The number of halogens is 1. The van der Waals surface area contributed by atoms with E-state index in [9.17, 15) is 19.3 Å². The standard InChI is InChI=1S/C28H30FN5O3/c29-23-7-11-24(12-8-23)32-18-15-31(16-19-32)17-20-33(27-26-4-2-1-3-21(26)13-14-30-27)28(35)22-5-9-25(10-6-22)34(36)37/h5-14H,1-4,15-20H2. The van der Waals surface area contributed by atoms with Gasteiger partial charge in [-0.05, 0) is 79.3 Å². The van der Waals surface area contributed by atoms with Gasteiger partial charge in [0.2, 0.25) is 0 Å². The van der Waals surface area contributed by atoms with Gasteiger partial charge in [0, 0.05) is 68.8 Å². The summed E-state index contributed by atoms with van der Waals surface area (Å²) in [5, 5.41) is 11.1. The maximum atomic E-state index is 13.7. The fraction of sp³-hybridized carbons (Fsp3) is 0.357. The summed E-state index contributed by atoms with van der Waals surface area (Å²) in [6.07, 6.45) is 5.84. The topological polar surface area (TPSA) is 82.8 Å². The highest BCUT2D eigenvalue weighted by molar-refractivity contribution is 6.06. The third-order valence-corrected chi connectivity index (χ3v) is 7.28. The second-order valence-electron chi connectivity index (χ2n) is 9.55. The van der Waals surface area contributed by atoms with Crippen molar-refractivity contribution in [1.29, 1.82) is 0 Å². The Morgan fingerprint density at radius 1 is 0.973 bits per heavy atom. The molecule has 0 radical (unpaired) electrons. The molecule has 37 heavy (non-hydrogen) atoms. The lowest BCUT2D eigenvalue weighted by atomic mass is 9.92. The van der Waals surface area contributed by atoms with Gasteiger partial charge < -0.3 is 4.90 Å². The SMILES string of the molecule is O=C(c1ccc([N+](=O)[O-])cc1)N(CCN1CCN(c2ccc(F)cc2)CC1)c1nccc2c1CCCC2. The summed E-state index contributed by atoms with van der Waals surface area (Å²) in [4.78, 5) is 35.3. The first-order valence-electron chi connectivity index (χ1n) is 12.8. The third kappa shape index (κ3) is 5.61. The summed E-state index contributed by atoms with van der Waals surface area (Å²) in [6.45, 7) is 4.45. The van der Waals surface area contributed by atoms with Crippen molar-refractivity contribution >= 4 is 23.1 Å². The highest BCUT2D eigenvalue weighted by atomic mass is 19.1. The predicted molar refractivity (Wildman–Crippen MR) is 141 cm³/mol. The third-order valence-electron chi connectivity index (χ3n) is 7.28. The van der Waals surface area contributed by atoms with E-state index < -0.39 is 4.92 Å². The molecule has 2 aromatic carbocycles. The van der Waals surface area contributed by atoms with Crippen LogP contribution >= 0.6 is 0 Å². The first kappa shape index (κ1) is 24.8. The number of rotatable bonds is 7. The van der Waals surface area contributed by atoms with Crippen molar-refractivity contribution in [3.05, 3.63) is 93.4 Å². The van der Waals surface area contributed by atoms with Gasteiger partial charge in [-0.1, -0.05) is 0 Å². The van der Waals surface area contributed by atoms with Crippen molar-refractivity contribution in [3.63, 3.8) is 0 Å². The normalized spacial score (nSPS) is 15.8. The van der Waals surface area contributed by atoms with Crippen LogP contribution in [0.3, 0.4) is 0 Å². The molecule has 3 aromatic rings. The maximum Gasteiger partial charge on any atom is 0.269 e. The number of aromatic nitrogens is 1. The molecule has 0 atom stereocenters. The van der Waals surface area contributed by atoms with Gasteiger partial charge in [-0.25, -0.2) is 9.37 Å². The molecule has 8 nitrogen and oxygen atoms in total. The van der Waals surface area contributed by atoms with Crippen molar-refractivity contribution in [2.45, 2.75) is 25.7 Å². The monoisotopic (exact) mass is 503 g/mol. The van der Waals surface area contributed by atoms with Gasteiger partial charge >= 0.3 is 0 Å². The number of piperazine rings is 1. The number of hydrogen-bond donors (Lipinski definition) is 0. The number of fused-ring (bicyclic) bond motifs is 1. The number of nitrogens with zero attached hydrogens (tertiary/aromatic N) is 5. The maximum absolute atomic E-state index is 13.7. The van der Waals surface area contributed by atoms with E-state index >= 15 is 0 Å². The van der Waals surface area contributed by atoms with E-state index in [0.29, 0.717) is 24.5 Å². The van der Waals surface area contributed by atoms with Crippen molar-refractivity contribution in [1.82, 2.24) is 9.88 Å². The molecule has 192 valence electrons. The lowest BCUT2D eigenvalue weighted by molar-refractivity contribution is -0.384. The molecule has 9 heteroatoms. The Morgan fingerprint density at radius 2 is 1.68 bits per heavy atom. The van der Waals surface area contributed by atoms with Crippen molar-refractivity contribution < 1.29 is 14.1 Å². The molecular formula is C28H30FN5O3. The predicted octanol–water partition coefficient (Wildman–Crippen LogP) is 4.48. The summed E-state index contributed by atoms with van der Waals surface area (Å²) < 4.78 is 13.3. The molecule has 2 heterocycles. The number of benzene rings is 2. The highest BCUT2D eigenvalue weighted by Gasteiger charge is 2.26. The zero-order valence-electron chi connectivity index (χ0n) is 20.7. The summed E-state index contributed by atoms with van der Waals surface area (Å²) >= 11 is 0. The number of carbonyl (C=O) groups excluding carboxylic acids is 1. The largest absolute Gasteiger partial charge is 0.369 e. The van der Waals surface area contributed by atoms with E-state index in [-0.39, 0.29) is 17.4 Å². The molecule has 1 aromatic heterocycles. The van der Waals surface area contributed by atoms with Crippen LogP contribution in [0.15, 0.2) is 60.8 Å². The zero-order chi connectivity index (χ0) is 25.8. The Balaban J connectivity index is 1.32. The summed E-state index contributed by atoms with van der Waals surface area (Å²) in [5.74, 6) is 0.258. The summed E-state index contributed by atoms with van der Waals surface area (Å²) in [5.41, 5.74) is 3.74. The Hall–Kier alpha value is -3.85. The van der Waals surface area contributed by atoms with E-state index in [1.165, 1.54) is 42.0 Å². The average molecular weight is 504 g/mol. The fourth-order valence-corrected chi connectivity index (χ4v) is 5.18. The smallest absolute Gasteiger partial charge is 0.269 e. The van der Waals surface area contributed by atoms with Crippen LogP contribution in [-0.2, 0) is 12.8 Å². The van der Waals surface area contributed by atoms with Gasteiger partial charge in [0.1, 0.15) is 11.6 Å². The van der Waals surface area contributed by atoms with Gasteiger partial charge in [-0.2, -0.15) is 0 Å². The van der Waals surface area contributed by atoms with Crippen molar-refractivity contribution in [3.8, 4) is 0 Å². The quantitative estimate of drug-likeness (QED) is 0.349. The van der Waals surface area contributed by atoms with Gasteiger partial charge in [0.05, 0.1) is 4.92 Å². The van der Waals surface area contributed by atoms with Crippen LogP contribution in [-0.4, -0.2) is 60.0 Å². The van der Waals surface area contributed by atoms with E-state index in [1.807, 2.05) is 6.07 Å². The molecule has 1 saturated heterocycles. The van der Waals surface area contributed by atoms with Crippen LogP contribution in [0.5, 0.6) is 0 Å². The molecule has 1 aliphatic carbocycles. The van der Waals surface area contributed by atoms with Crippen LogP contribution in [0, 0.1) is 15.9 Å². The minimum atomic E-state index is -0.466. The number of aryl methyl sites for hydroxylation is 1. The lowest BCUT2D eigenvalue weighted by Gasteiger charge is -2.37. The van der Waals surface area contributed by atoms with Gasteiger partial charge in [0.25, 0.3) is 11.6 Å². The second-order valence-corrected chi connectivity index (χ2v) is 9.55. The number of non-ortho nitro benzene ring substituents is 1. The fourth-order valence-electron chi connectivity index (χ4n) is 5.18. The lowest BCUT2D eigenvalue weighted by Crippen LogP contribution is -2.49. The van der Waals surface area contributed by atoms with E-state index in [2.05, 4.69) is 14.8 Å². The highest BCUT2D eigenvalue weighted by Crippen LogP contribution is 2.30. The van der Waals surface area contributed by atoms with Crippen molar-refractivity contribution in [2.24, 2.45) is 0 Å². The number of carbonyl (C=O) groups is 1. The van der Waals surface area contributed by atoms with Gasteiger partial charge in [0.15, 0.2) is 0 Å². The molecule has 5 rings (SSSR count). The molecular weight excluding hydrogens is 473 g/mol. The Labute approximate surface area is 215 Å². The van der Waals surface area contributed by atoms with E-state index in [4.69, 9.17) is 0 Å². The number of anilines is 2. The number of nitro benzene ring substituents is 1. The molecule has 1 fully saturated rings. The van der Waals surface area contributed by atoms with Crippen LogP contribution in [0.1, 0.15) is 34.3 Å². The van der Waals surface area contributed by atoms with Crippen LogP contribution in [0.25, 0.3) is 0 Å². The Morgan fingerprint density at radius 3 is 2.38 bits per heavy atom. The molecule has 1 amide bonds. The molecule has 1 aliphatic heterocycles. The molecule has 2 aliphatic rings. The van der Waals surface area contributed by atoms with Crippen LogP contribution < -0.4 is 9.80 Å². The molecule has 0 spiro atoms. The average Bonchev–Trinajstić information content (AvgIpc) is 2.94. The van der Waals surface area contributed by atoms with Gasteiger partial charge in [-0.15, -0.1) is 0 Å². The minimum Gasteiger partial charge on any atom is -0.369 e. The molecule has 0 N–H and O–H groups in total. The molecule has 0 saturated carbocycles. The Bertz CT molecular complexity index is 1260. The second kappa shape index (κ2) is 11.0. The summed E-state index contributed by atoms with van der Waals surface area (Å²) in [7, 11) is 0. The van der Waals surface area contributed by atoms with Crippen LogP contribution in [0.2, 0.25) is 0 Å². The van der Waals surface area contributed by atoms with E-state index in [0.717, 1.165) is 63.1 Å². The zero-order valence-corrected chi connectivity index (χ0v) is 20.7. The minimum absolute atomic E-state index is 0.0441. The summed E-state index contributed by atoms with van der Waals surface area (Å²) in [6, 6.07) is 14.4. The number of amides is 1. The van der Waals surface area contributed by atoms with E-state index in [1.54, 1.807) is 23.2 Å². The first-order valence-corrected chi connectivity index (χ1v) is 12.8. The molecule has 0 unspecified atom stereocenters.